The summed E-state index contributed by atoms with van der Waals surface area (Å²) >= 11 is 1.81. The number of fused-ring (bicyclic) bond motifs is 10. The molecule has 0 unspecified atom stereocenters. The van der Waals surface area contributed by atoms with Gasteiger partial charge in [0.15, 0.2) is 17.5 Å². The molecule has 13 aromatic rings. The second kappa shape index (κ2) is 13.3. The number of nitrogens with zero attached hydrogens (tertiary/aromatic N) is 4. The van der Waals surface area contributed by atoms with Gasteiger partial charge in [-0.25, -0.2) is 15.0 Å². The normalized spacial score (nSPS) is 11.9. The highest BCUT2D eigenvalue weighted by Gasteiger charge is 2.23. The molecule has 0 fully saturated rings. The van der Waals surface area contributed by atoms with Crippen LogP contribution in [0.3, 0.4) is 0 Å². The number of benzene rings is 9. The number of hydrogen-bond donors (Lipinski definition) is 0. The minimum Gasteiger partial charge on any atom is -0.456 e. The van der Waals surface area contributed by atoms with E-state index >= 15 is 0 Å². The number of furan rings is 1. The van der Waals surface area contributed by atoms with Crippen molar-refractivity contribution in [1.29, 1.82) is 0 Å². The van der Waals surface area contributed by atoms with Gasteiger partial charge in [-0.2, -0.15) is 0 Å². The molecule has 9 aromatic carbocycles. The van der Waals surface area contributed by atoms with E-state index in [0.717, 1.165) is 66.5 Å². The highest BCUT2D eigenvalue weighted by atomic mass is 32.1. The smallest absolute Gasteiger partial charge is 0.166 e. The standard InChI is InChI=1S/C55H32N4OS/c1-2-12-33(13-3-1)34-22-24-35(25-23-34)53-56-54(38-26-27-52-44(29-38)41-18-8-11-21-51(41)61-52)58-55(57-53)45-31-43-40-17-7-10-20-49(40)60-50(43)32-48(45)59-46-19-9-6-16-39(46)42-28-36-14-4-5-15-37(36)30-47(42)59/h1-32H. The molecule has 4 aromatic heterocycles. The van der Waals surface area contributed by atoms with Gasteiger partial charge < -0.3 is 8.98 Å². The first-order valence-electron chi connectivity index (χ1n) is 20.4. The molecule has 0 bridgehead atoms. The molecular weight excluding hydrogens is 765 g/mol. The van der Waals surface area contributed by atoms with Crippen LogP contribution in [-0.2, 0) is 0 Å². The maximum Gasteiger partial charge on any atom is 0.166 e. The van der Waals surface area contributed by atoms with E-state index < -0.39 is 0 Å². The van der Waals surface area contributed by atoms with E-state index in [1.807, 2.05) is 18.2 Å². The molecule has 5 nitrogen and oxygen atoms in total. The molecule has 0 aliphatic carbocycles. The van der Waals surface area contributed by atoms with Gasteiger partial charge in [0.05, 0.1) is 16.7 Å². The summed E-state index contributed by atoms with van der Waals surface area (Å²) in [5.41, 5.74) is 9.75. The topological polar surface area (TPSA) is 56.7 Å². The maximum atomic E-state index is 6.61. The van der Waals surface area contributed by atoms with Crippen LogP contribution in [-0.4, -0.2) is 19.5 Å². The van der Waals surface area contributed by atoms with Crippen LogP contribution in [0.15, 0.2) is 199 Å². The number of para-hydroxylation sites is 2. The zero-order valence-electron chi connectivity index (χ0n) is 32.6. The minimum atomic E-state index is 0.580. The molecule has 0 amide bonds. The van der Waals surface area contributed by atoms with E-state index in [0.29, 0.717) is 17.5 Å². The van der Waals surface area contributed by atoms with Gasteiger partial charge in [-0.15, -0.1) is 11.3 Å². The van der Waals surface area contributed by atoms with Crippen molar-refractivity contribution in [2.45, 2.75) is 0 Å². The Labute approximate surface area is 353 Å². The summed E-state index contributed by atoms with van der Waals surface area (Å²) in [6.45, 7) is 0. The quantitative estimate of drug-likeness (QED) is 0.174. The molecule has 0 radical (unpaired) electrons. The third kappa shape index (κ3) is 5.43. The zero-order chi connectivity index (χ0) is 40.0. The average molecular weight is 797 g/mol. The Kier molecular flexibility index (Phi) is 7.41. The Morgan fingerprint density at radius 2 is 0.984 bits per heavy atom. The van der Waals surface area contributed by atoms with Gasteiger partial charge in [0.25, 0.3) is 0 Å². The lowest BCUT2D eigenvalue weighted by atomic mass is 10.0. The summed E-state index contributed by atoms with van der Waals surface area (Å²) < 4.78 is 11.5. The van der Waals surface area contributed by atoms with Crippen LogP contribution >= 0.6 is 11.3 Å². The van der Waals surface area contributed by atoms with Gasteiger partial charge in [-0.3, -0.25) is 0 Å². The fraction of sp³-hybridized carbons (Fsp3) is 0. The predicted octanol–water partition coefficient (Wildman–Crippen LogP) is 15.1. The molecule has 0 atom stereocenters. The molecule has 13 rings (SSSR count). The monoisotopic (exact) mass is 796 g/mol. The van der Waals surface area contributed by atoms with Crippen LogP contribution in [0.1, 0.15) is 0 Å². The van der Waals surface area contributed by atoms with Crippen molar-refractivity contribution < 1.29 is 4.42 Å². The molecule has 6 heteroatoms. The van der Waals surface area contributed by atoms with Crippen molar-refractivity contribution in [2.75, 3.05) is 0 Å². The van der Waals surface area contributed by atoms with E-state index in [2.05, 4.69) is 180 Å². The molecule has 4 heterocycles. The van der Waals surface area contributed by atoms with Gasteiger partial charge >= 0.3 is 0 Å². The van der Waals surface area contributed by atoms with E-state index in [4.69, 9.17) is 19.4 Å². The highest BCUT2D eigenvalue weighted by Crippen LogP contribution is 2.42. The minimum absolute atomic E-state index is 0.580. The Morgan fingerprint density at radius 1 is 0.361 bits per heavy atom. The average Bonchev–Trinajstić information content (AvgIpc) is 3.99. The number of rotatable bonds is 5. The lowest BCUT2D eigenvalue weighted by molar-refractivity contribution is 0.668. The Morgan fingerprint density at radius 3 is 1.84 bits per heavy atom. The molecule has 0 saturated heterocycles. The number of aromatic nitrogens is 4. The Balaban J connectivity index is 1.11. The van der Waals surface area contributed by atoms with Crippen molar-refractivity contribution in [2.24, 2.45) is 0 Å². The van der Waals surface area contributed by atoms with Gasteiger partial charge in [0.1, 0.15) is 11.2 Å². The molecule has 61 heavy (non-hydrogen) atoms. The van der Waals surface area contributed by atoms with Gasteiger partial charge in [-0.05, 0) is 76.5 Å². The van der Waals surface area contributed by atoms with Gasteiger partial charge in [0, 0.05) is 64.5 Å². The third-order valence-corrected chi connectivity index (χ3v) is 13.2. The summed E-state index contributed by atoms with van der Waals surface area (Å²) in [6, 6.07) is 68.6. The summed E-state index contributed by atoms with van der Waals surface area (Å²) in [7, 11) is 0. The summed E-state index contributed by atoms with van der Waals surface area (Å²) in [5.74, 6) is 1.79. The van der Waals surface area contributed by atoms with Crippen molar-refractivity contribution in [3.8, 4) is 51.0 Å². The van der Waals surface area contributed by atoms with Crippen molar-refractivity contribution in [1.82, 2.24) is 19.5 Å². The largest absolute Gasteiger partial charge is 0.456 e. The third-order valence-electron chi connectivity index (χ3n) is 12.0. The van der Waals surface area contributed by atoms with Crippen LogP contribution in [0.25, 0.3) is 126 Å². The van der Waals surface area contributed by atoms with Crippen LogP contribution < -0.4 is 0 Å². The summed E-state index contributed by atoms with van der Waals surface area (Å²) in [5, 5.41) is 9.19. The first-order chi connectivity index (χ1) is 30.2. The van der Waals surface area contributed by atoms with Crippen molar-refractivity contribution in [3.63, 3.8) is 0 Å². The van der Waals surface area contributed by atoms with E-state index in [1.165, 1.54) is 41.7 Å². The fourth-order valence-electron chi connectivity index (χ4n) is 9.10. The number of thiophene rings is 1. The van der Waals surface area contributed by atoms with Crippen LogP contribution in [0.5, 0.6) is 0 Å². The van der Waals surface area contributed by atoms with Gasteiger partial charge in [0.2, 0.25) is 0 Å². The Bertz CT molecular complexity index is 3880. The molecule has 0 aliphatic rings. The second-order valence-corrected chi connectivity index (χ2v) is 16.7. The lowest BCUT2D eigenvalue weighted by Gasteiger charge is -2.15. The molecular formula is C55H32N4OS. The predicted molar refractivity (Wildman–Crippen MR) is 254 cm³/mol. The fourth-order valence-corrected chi connectivity index (χ4v) is 10.2. The molecule has 0 N–H and O–H groups in total. The lowest BCUT2D eigenvalue weighted by Crippen LogP contribution is -2.04. The first kappa shape index (κ1) is 34.0. The highest BCUT2D eigenvalue weighted by molar-refractivity contribution is 7.25. The second-order valence-electron chi connectivity index (χ2n) is 15.6. The molecule has 0 spiro atoms. The number of hydrogen-bond acceptors (Lipinski definition) is 5. The van der Waals surface area contributed by atoms with E-state index in [-0.39, 0.29) is 0 Å². The van der Waals surface area contributed by atoms with Crippen LogP contribution in [0.4, 0.5) is 0 Å². The van der Waals surface area contributed by atoms with Crippen LogP contribution in [0, 0.1) is 0 Å². The van der Waals surface area contributed by atoms with Crippen LogP contribution in [0.2, 0.25) is 0 Å². The molecule has 284 valence electrons. The Hall–Kier alpha value is -7.93. The first-order valence-corrected chi connectivity index (χ1v) is 21.2. The van der Waals surface area contributed by atoms with Crippen molar-refractivity contribution >= 4 is 86.0 Å². The van der Waals surface area contributed by atoms with Crippen molar-refractivity contribution in [3.05, 3.63) is 194 Å². The summed E-state index contributed by atoms with van der Waals surface area (Å²) in [6.07, 6.45) is 0. The summed E-state index contributed by atoms with van der Waals surface area (Å²) in [4.78, 5) is 16.1. The maximum absolute atomic E-state index is 6.61. The van der Waals surface area contributed by atoms with Gasteiger partial charge in [-0.1, -0.05) is 133 Å². The molecule has 0 aliphatic heterocycles. The zero-order valence-corrected chi connectivity index (χ0v) is 33.4. The SMILES string of the molecule is c1ccc(-c2ccc(-c3nc(-c4ccc5sc6ccccc6c5c4)nc(-c4cc5c(cc4-n4c6ccccc6c6cc7ccccc7cc64)oc4ccccc45)n3)cc2)cc1. The van der Waals surface area contributed by atoms with E-state index in [9.17, 15) is 0 Å². The molecule has 0 saturated carbocycles. The van der Waals surface area contributed by atoms with E-state index in [1.54, 1.807) is 11.3 Å².